The zero-order valence-electron chi connectivity index (χ0n) is 9.47. The van der Waals surface area contributed by atoms with Crippen LogP contribution in [0.3, 0.4) is 0 Å². The summed E-state index contributed by atoms with van der Waals surface area (Å²) in [5.41, 5.74) is 0. The van der Waals surface area contributed by atoms with E-state index in [1.54, 1.807) is 0 Å². The van der Waals surface area contributed by atoms with Gasteiger partial charge in [0.2, 0.25) is 0 Å². The second kappa shape index (κ2) is 7.69. The maximum Gasteiger partial charge on any atom is 0.135 e. The van der Waals surface area contributed by atoms with E-state index in [0.717, 1.165) is 0 Å². The van der Waals surface area contributed by atoms with E-state index in [1.807, 2.05) is 0 Å². The van der Waals surface area contributed by atoms with Gasteiger partial charge < -0.3 is 10.2 Å². The van der Waals surface area contributed by atoms with Crippen molar-refractivity contribution in [3.63, 3.8) is 0 Å². The number of benzene rings is 2. The normalized spacial score (nSPS) is 9.90. The average Bonchev–Trinajstić information content (AvgIpc) is 2.43. The van der Waals surface area contributed by atoms with Crippen molar-refractivity contribution in [3.8, 4) is 11.5 Å². The molecule has 0 spiro atoms. The number of phenols is 2. The molecule has 0 unspecified atom stereocenters. The van der Waals surface area contributed by atoms with Crippen LogP contribution in [-0.2, 0) is 0 Å². The summed E-state index contributed by atoms with van der Waals surface area (Å²) in [6, 6.07) is 5.73. The van der Waals surface area contributed by atoms with Crippen molar-refractivity contribution in [3.05, 3.63) is 54.4 Å². The van der Waals surface area contributed by atoms with Crippen molar-refractivity contribution in [2.75, 3.05) is 0 Å². The molecule has 0 bridgehead atoms. The van der Waals surface area contributed by atoms with Crippen LogP contribution in [-0.4, -0.2) is 10.2 Å². The van der Waals surface area contributed by atoms with Crippen LogP contribution in [0.15, 0.2) is 24.3 Å². The molecule has 0 aliphatic rings. The lowest BCUT2D eigenvalue weighted by Crippen LogP contribution is -1.71. The Morgan fingerprint density at radius 3 is 1.05 bits per heavy atom. The molecule has 0 amide bonds. The van der Waals surface area contributed by atoms with Gasteiger partial charge in [0.25, 0.3) is 0 Å². The topological polar surface area (TPSA) is 40.5 Å². The first-order valence-corrected chi connectivity index (χ1v) is 7.17. The first-order chi connectivity index (χ1) is 9.25. The van der Waals surface area contributed by atoms with Crippen molar-refractivity contribution in [1.29, 1.82) is 0 Å². The van der Waals surface area contributed by atoms with E-state index >= 15 is 0 Å². The highest BCUT2D eigenvalue weighted by Crippen LogP contribution is 2.36. The molecule has 0 saturated carbocycles. The fourth-order valence-electron chi connectivity index (χ4n) is 1.03. The summed E-state index contributed by atoms with van der Waals surface area (Å²) in [7, 11) is 0. The number of aromatic hydroxyl groups is 2. The molecular weight excluding hydrogens is 389 g/mol. The SMILES string of the molecule is Oc1ccc(Cl)c(Cl)c1Cl.Oc1ccc(Cl)c(Cl)c1Cl. The van der Waals surface area contributed by atoms with Gasteiger partial charge >= 0.3 is 0 Å². The molecule has 2 aromatic rings. The Morgan fingerprint density at radius 1 is 0.500 bits per heavy atom. The maximum absolute atomic E-state index is 8.95. The van der Waals surface area contributed by atoms with Crippen molar-refractivity contribution < 1.29 is 10.2 Å². The zero-order valence-corrected chi connectivity index (χ0v) is 14.0. The largest absolute Gasteiger partial charge is 0.506 e. The van der Waals surface area contributed by atoms with Gasteiger partial charge in [0, 0.05) is 0 Å². The second-order valence-electron chi connectivity index (χ2n) is 3.39. The van der Waals surface area contributed by atoms with E-state index in [9.17, 15) is 0 Å². The van der Waals surface area contributed by atoms with Gasteiger partial charge in [0.1, 0.15) is 21.5 Å². The van der Waals surface area contributed by atoms with Crippen LogP contribution in [0.2, 0.25) is 30.1 Å². The van der Waals surface area contributed by atoms with Crippen LogP contribution in [0.5, 0.6) is 11.5 Å². The van der Waals surface area contributed by atoms with Gasteiger partial charge in [-0.2, -0.15) is 0 Å². The van der Waals surface area contributed by atoms with E-state index in [4.69, 9.17) is 79.8 Å². The highest BCUT2D eigenvalue weighted by Gasteiger charge is 2.06. The van der Waals surface area contributed by atoms with E-state index in [0.29, 0.717) is 10.0 Å². The molecule has 8 heteroatoms. The highest BCUT2D eigenvalue weighted by atomic mass is 35.5. The molecule has 108 valence electrons. The lowest BCUT2D eigenvalue weighted by molar-refractivity contribution is 0.475. The first-order valence-electron chi connectivity index (χ1n) is 4.90. The van der Waals surface area contributed by atoms with E-state index < -0.39 is 0 Å². The van der Waals surface area contributed by atoms with Crippen LogP contribution in [0.1, 0.15) is 0 Å². The van der Waals surface area contributed by atoms with Gasteiger partial charge in [0.15, 0.2) is 0 Å². The van der Waals surface area contributed by atoms with Gasteiger partial charge in [-0.3, -0.25) is 0 Å². The molecule has 0 radical (unpaired) electrons. The van der Waals surface area contributed by atoms with E-state index in [2.05, 4.69) is 0 Å². The Balaban J connectivity index is 0.000000200. The number of hydrogen-bond acceptors (Lipinski definition) is 2. The van der Waals surface area contributed by atoms with E-state index in [1.165, 1.54) is 24.3 Å². The van der Waals surface area contributed by atoms with Crippen molar-refractivity contribution in [2.24, 2.45) is 0 Å². The van der Waals surface area contributed by atoms with Gasteiger partial charge in [-0.05, 0) is 24.3 Å². The van der Waals surface area contributed by atoms with Crippen molar-refractivity contribution in [2.45, 2.75) is 0 Å². The minimum absolute atomic E-state index is 0.0592. The summed E-state index contributed by atoms with van der Waals surface area (Å²) in [5.74, 6) is -0.118. The summed E-state index contributed by atoms with van der Waals surface area (Å²) in [5, 5.41) is 19.1. The summed E-state index contributed by atoms with van der Waals surface area (Å²) >= 11 is 33.3. The highest BCUT2D eigenvalue weighted by molar-refractivity contribution is 6.49. The first kappa shape index (κ1) is 17.8. The second-order valence-corrected chi connectivity index (χ2v) is 5.72. The van der Waals surface area contributed by atoms with Crippen molar-refractivity contribution in [1.82, 2.24) is 0 Å². The number of halogens is 6. The van der Waals surface area contributed by atoms with Gasteiger partial charge in [-0.15, -0.1) is 0 Å². The quantitative estimate of drug-likeness (QED) is 0.488. The summed E-state index contributed by atoms with van der Waals surface area (Å²) in [6.07, 6.45) is 0. The monoisotopic (exact) mass is 392 g/mol. The van der Waals surface area contributed by atoms with Crippen LogP contribution < -0.4 is 0 Å². The standard InChI is InChI=1S/2C6H3Cl3O/c2*7-3-1-2-4(10)6(9)5(3)8/h2*1-2,10H. The molecule has 20 heavy (non-hydrogen) atoms. The molecule has 0 fully saturated rings. The molecule has 0 atom stereocenters. The third-order valence-corrected chi connectivity index (χ3v) is 4.60. The minimum Gasteiger partial charge on any atom is -0.506 e. The molecule has 0 aliphatic carbocycles. The Morgan fingerprint density at radius 2 is 0.800 bits per heavy atom. The van der Waals surface area contributed by atoms with Gasteiger partial charge in [0.05, 0.1) is 20.1 Å². The lowest BCUT2D eigenvalue weighted by atomic mass is 10.3. The third kappa shape index (κ3) is 4.39. The fourth-order valence-corrected chi connectivity index (χ4v) is 2.09. The summed E-state index contributed by atoms with van der Waals surface area (Å²) in [4.78, 5) is 0. The number of rotatable bonds is 0. The Hall–Kier alpha value is -0.220. The molecule has 2 rings (SSSR count). The molecule has 2 N–H and O–H groups in total. The molecule has 0 heterocycles. The van der Waals surface area contributed by atoms with Crippen LogP contribution in [0, 0.1) is 0 Å². The summed E-state index contributed by atoms with van der Waals surface area (Å²) < 4.78 is 0. The lowest BCUT2D eigenvalue weighted by Gasteiger charge is -1.99. The zero-order chi connectivity index (χ0) is 15.4. The molecule has 2 nitrogen and oxygen atoms in total. The average molecular weight is 395 g/mol. The van der Waals surface area contributed by atoms with Crippen LogP contribution >= 0.6 is 69.6 Å². The Bertz CT molecular complexity index is 520. The van der Waals surface area contributed by atoms with Crippen molar-refractivity contribution >= 4 is 69.6 Å². The van der Waals surface area contributed by atoms with E-state index in [-0.39, 0.29) is 31.6 Å². The number of phenolic OH excluding ortho intramolecular Hbond substituents is 2. The van der Waals surface area contributed by atoms with Gasteiger partial charge in [-0.1, -0.05) is 69.6 Å². The number of hydrogen-bond donors (Lipinski definition) is 2. The molecular formula is C12H6Cl6O2. The minimum atomic E-state index is -0.0592. The summed E-state index contributed by atoms with van der Waals surface area (Å²) in [6.45, 7) is 0. The molecule has 0 aromatic heterocycles. The van der Waals surface area contributed by atoms with Crippen LogP contribution in [0.4, 0.5) is 0 Å². The predicted molar refractivity (Wildman–Crippen MR) is 86.3 cm³/mol. The van der Waals surface area contributed by atoms with Gasteiger partial charge in [-0.25, -0.2) is 0 Å². The van der Waals surface area contributed by atoms with Crippen LogP contribution in [0.25, 0.3) is 0 Å². The fraction of sp³-hybridized carbons (Fsp3) is 0. The third-order valence-electron chi connectivity index (χ3n) is 2.03. The predicted octanol–water partition coefficient (Wildman–Crippen LogP) is 6.70. The Labute approximate surface area is 145 Å². The molecule has 0 saturated heterocycles. The molecule has 2 aromatic carbocycles. The molecule has 0 aliphatic heterocycles. The smallest absolute Gasteiger partial charge is 0.135 e. The Kier molecular flexibility index (Phi) is 6.86. The maximum atomic E-state index is 8.95.